The molecule has 0 fully saturated rings. The summed E-state index contributed by atoms with van der Waals surface area (Å²) in [5, 5.41) is 9.57. The lowest BCUT2D eigenvalue weighted by atomic mass is 10.0. The van der Waals surface area contributed by atoms with Crippen LogP contribution in [0.2, 0.25) is 0 Å². The van der Waals surface area contributed by atoms with Gasteiger partial charge in [0.25, 0.3) is 11.8 Å². The maximum absolute atomic E-state index is 14.0. The average molecular weight is 637 g/mol. The first kappa shape index (κ1) is 21.2. The minimum atomic E-state index is -4.81. The van der Waals surface area contributed by atoms with Gasteiger partial charge >= 0.3 is 6.18 Å². The average Bonchev–Trinajstić information content (AvgIpc) is 3.72. The molecule has 0 saturated carbocycles. The van der Waals surface area contributed by atoms with Crippen molar-refractivity contribution < 1.29 is 53.2 Å². The molecule has 0 aliphatic heterocycles. The van der Waals surface area contributed by atoms with E-state index in [4.69, 9.17) is 21.5 Å². The Morgan fingerprint density at radius 1 is 1.07 bits per heavy atom. The second-order valence-corrected chi connectivity index (χ2v) is 9.24. The van der Waals surface area contributed by atoms with Crippen molar-refractivity contribution in [2.75, 3.05) is 25.9 Å². The Morgan fingerprint density at radius 2 is 1.84 bits per heavy atom. The molecule has 0 saturated heterocycles. The van der Waals surface area contributed by atoms with E-state index < -0.39 is 79.7 Å². The summed E-state index contributed by atoms with van der Waals surface area (Å²) in [5.74, 6) is -5.71. The van der Waals surface area contributed by atoms with Crippen LogP contribution in [0.4, 0.5) is 23.4 Å². The third-order valence-corrected chi connectivity index (χ3v) is 6.20. The van der Waals surface area contributed by atoms with Crippen molar-refractivity contribution in [1.82, 2.24) is 30.7 Å². The van der Waals surface area contributed by atoms with Gasteiger partial charge in [-0.25, -0.2) is 9.37 Å². The first-order chi connectivity index (χ1) is 25.0. The lowest BCUT2D eigenvalue weighted by Crippen LogP contribution is -2.42. The number of ether oxygens (including phenoxy) is 1. The lowest BCUT2D eigenvalue weighted by Gasteiger charge is -2.23. The predicted octanol–water partition coefficient (Wildman–Crippen LogP) is 5.09. The van der Waals surface area contributed by atoms with Crippen LogP contribution >= 0.6 is 0 Å². The maximum atomic E-state index is 14.0. The fourth-order valence-electron chi connectivity index (χ4n) is 4.19. The van der Waals surface area contributed by atoms with Gasteiger partial charge in [0, 0.05) is 38.2 Å². The van der Waals surface area contributed by atoms with Gasteiger partial charge in [-0.1, -0.05) is 5.16 Å². The molecule has 4 heterocycles. The summed E-state index contributed by atoms with van der Waals surface area (Å²) in [4.78, 5) is 38.7. The molecular formula is C29H25F4N7O5. The van der Waals surface area contributed by atoms with E-state index >= 15 is 0 Å². The zero-order chi connectivity index (χ0) is 40.0. The van der Waals surface area contributed by atoms with Crippen LogP contribution in [0.25, 0.3) is 33.6 Å². The summed E-state index contributed by atoms with van der Waals surface area (Å²) in [7, 11) is -2.02. The zero-order valence-corrected chi connectivity index (χ0v) is 22.7. The van der Waals surface area contributed by atoms with Gasteiger partial charge in [0.15, 0.2) is 5.82 Å². The first-order valence-electron chi connectivity index (χ1n) is 17.0. The molecular weight excluding hydrogens is 602 g/mol. The molecule has 4 aromatic heterocycles. The third-order valence-electron chi connectivity index (χ3n) is 6.20. The topological polar surface area (TPSA) is 157 Å². The number of fused-ring (bicyclic) bond motifs is 1. The highest BCUT2D eigenvalue weighted by Gasteiger charge is 2.31. The van der Waals surface area contributed by atoms with Gasteiger partial charge in [0.1, 0.15) is 29.5 Å². The highest BCUT2D eigenvalue weighted by atomic mass is 19.4. The number of benzene rings is 1. The molecule has 0 aliphatic carbocycles. The van der Waals surface area contributed by atoms with Crippen molar-refractivity contribution in [3.63, 3.8) is 0 Å². The number of nitrogens with one attached hydrogen (secondary N) is 3. The number of hydrogen-bond donors (Lipinski definition) is 3. The number of halogens is 4. The monoisotopic (exact) mass is 636 g/mol. The number of carbonyl (C=O) groups excluding carboxylic acids is 2. The summed E-state index contributed by atoms with van der Waals surface area (Å²) in [6.45, 7) is -8.92. The molecule has 45 heavy (non-hydrogen) atoms. The van der Waals surface area contributed by atoms with E-state index in [2.05, 4.69) is 35.3 Å². The number of aromatic nitrogens is 4. The second kappa shape index (κ2) is 11.9. The molecule has 5 rings (SSSR count). The highest BCUT2D eigenvalue weighted by Crippen LogP contribution is 2.39. The van der Waals surface area contributed by atoms with E-state index in [9.17, 15) is 27.2 Å². The van der Waals surface area contributed by atoms with Gasteiger partial charge in [-0.05, 0) is 50.1 Å². The molecule has 3 N–H and O–H groups in total. The molecule has 0 unspecified atom stereocenters. The number of anilines is 1. The summed E-state index contributed by atoms with van der Waals surface area (Å²) in [5.41, 5.74) is -5.29. The van der Waals surface area contributed by atoms with Crippen LogP contribution in [-0.4, -0.2) is 58.7 Å². The van der Waals surface area contributed by atoms with Gasteiger partial charge in [0.05, 0.1) is 27.6 Å². The van der Waals surface area contributed by atoms with E-state index in [1.165, 1.54) is 19.2 Å². The molecule has 12 nitrogen and oxygen atoms in total. The van der Waals surface area contributed by atoms with Crippen LogP contribution in [0, 0.1) is 5.82 Å². The van der Waals surface area contributed by atoms with Crippen molar-refractivity contribution in [2.24, 2.45) is 0 Å². The largest absolute Gasteiger partial charge is 0.480 e. The normalized spacial score (nSPS) is 15.6. The van der Waals surface area contributed by atoms with Crippen LogP contribution in [0.3, 0.4) is 0 Å². The van der Waals surface area contributed by atoms with Gasteiger partial charge < -0.3 is 29.6 Å². The smallest absolute Gasteiger partial charge is 0.405 e. The standard InChI is InChI=1S/C29H25F4N7O5/c1-28(2,27-37-13-44-40-27)39-23(41)19-9-15(11-35-25(19)43-4)17-10-18-20(24(42)34-3)21(14-5-7-16(30)8-6-14)45-26(18)38-22(17)36-12-29(31,32)33/h5-11,13H,12H2,1-4H3,(H,34,42)(H,36,38)(H,39,41)/i1D3,2D3,4D3. The quantitative estimate of drug-likeness (QED) is 0.186. The van der Waals surface area contributed by atoms with Crippen LogP contribution in [0.1, 0.15) is 52.6 Å². The van der Waals surface area contributed by atoms with Gasteiger partial charge in [-0.3, -0.25) is 9.59 Å². The number of amides is 2. The molecule has 234 valence electrons. The number of methoxy groups -OCH3 is 1. The molecule has 0 aliphatic rings. The summed E-state index contributed by atoms with van der Waals surface area (Å²) < 4.78 is 140. The van der Waals surface area contributed by atoms with Crippen molar-refractivity contribution in [2.45, 2.75) is 25.4 Å². The number of hydrogen-bond acceptors (Lipinski definition) is 10. The number of rotatable bonds is 9. The molecule has 16 heteroatoms. The number of furan rings is 1. The van der Waals surface area contributed by atoms with E-state index in [0.29, 0.717) is 6.39 Å². The Bertz CT molecular complexity index is 2180. The molecule has 0 spiro atoms. The van der Waals surface area contributed by atoms with Crippen LogP contribution < -0.4 is 20.7 Å². The third kappa shape index (κ3) is 6.39. The Labute approximate surface area is 264 Å². The molecule has 2 amide bonds. The Hall–Kier alpha value is -5.54. The fourth-order valence-corrected chi connectivity index (χ4v) is 4.19. The molecule has 0 radical (unpaired) electrons. The van der Waals surface area contributed by atoms with Crippen molar-refractivity contribution in [3.8, 4) is 28.3 Å². The minimum absolute atomic E-state index is 0.101. The Morgan fingerprint density at radius 3 is 2.49 bits per heavy atom. The molecule has 5 aromatic rings. The highest BCUT2D eigenvalue weighted by molar-refractivity contribution is 6.11. The number of pyridine rings is 2. The van der Waals surface area contributed by atoms with Gasteiger partial charge in [-0.15, -0.1) is 0 Å². The fraction of sp³-hybridized carbons (Fsp3) is 0.241. The molecule has 1 aromatic carbocycles. The van der Waals surface area contributed by atoms with Gasteiger partial charge in [0.2, 0.25) is 18.0 Å². The maximum Gasteiger partial charge on any atom is 0.405 e. The van der Waals surface area contributed by atoms with E-state index in [-0.39, 0.29) is 39.1 Å². The van der Waals surface area contributed by atoms with Crippen molar-refractivity contribution >= 4 is 28.7 Å². The van der Waals surface area contributed by atoms with Crippen molar-refractivity contribution in [3.05, 3.63) is 71.8 Å². The van der Waals surface area contributed by atoms with Crippen molar-refractivity contribution in [1.29, 1.82) is 0 Å². The lowest BCUT2D eigenvalue weighted by molar-refractivity contribution is -0.115. The summed E-state index contributed by atoms with van der Waals surface area (Å²) in [6, 6.07) is 6.63. The predicted molar refractivity (Wildman–Crippen MR) is 152 cm³/mol. The number of alkyl halides is 3. The Balaban J connectivity index is 1.77. The number of nitrogens with zero attached hydrogens (tertiary/aromatic N) is 4. The number of carbonyl (C=O) groups is 2. The van der Waals surface area contributed by atoms with E-state index in [1.807, 2.05) is 5.32 Å². The minimum Gasteiger partial charge on any atom is -0.480 e. The van der Waals surface area contributed by atoms with Crippen LogP contribution in [-0.2, 0) is 5.54 Å². The van der Waals surface area contributed by atoms with Crippen LogP contribution in [0.15, 0.2) is 57.9 Å². The molecule has 0 bridgehead atoms. The summed E-state index contributed by atoms with van der Waals surface area (Å²) >= 11 is 0. The first-order valence-corrected chi connectivity index (χ1v) is 12.5. The second-order valence-electron chi connectivity index (χ2n) is 9.24. The molecule has 0 atom stereocenters. The van der Waals surface area contributed by atoms with Gasteiger partial charge in [-0.2, -0.15) is 23.1 Å². The van der Waals surface area contributed by atoms with Crippen LogP contribution in [0.5, 0.6) is 5.88 Å². The van der Waals surface area contributed by atoms with E-state index in [0.717, 1.165) is 30.5 Å². The SMILES string of the molecule is [2H]C([2H])([2H])Oc1ncc(-c2cc3c(C(=O)NC)c(-c4ccc(F)cc4)oc3nc2NCC(F)(F)F)cc1C(=O)NC(c1ncon1)(C([2H])([2H])[2H])C([2H])([2H])[2H]. The summed E-state index contributed by atoms with van der Waals surface area (Å²) in [6.07, 6.45) is -3.35. The van der Waals surface area contributed by atoms with E-state index in [1.54, 1.807) is 0 Å². The Kier molecular flexibility index (Phi) is 5.59. The zero-order valence-electron chi connectivity index (χ0n) is 31.7.